The third kappa shape index (κ3) is 4.89. The first-order valence-corrected chi connectivity index (χ1v) is 10.8. The Kier molecular flexibility index (Phi) is 6.44. The van der Waals surface area contributed by atoms with Gasteiger partial charge in [0, 0.05) is 18.7 Å². The van der Waals surface area contributed by atoms with Gasteiger partial charge in [-0.15, -0.1) is 0 Å². The molecule has 0 unspecified atom stereocenters. The highest BCUT2D eigenvalue weighted by Crippen LogP contribution is 2.21. The van der Waals surface area contributed by atoms with Crippen molar-refractivity contribution in [1.82, 2.24) is 4.31 Å². The summed E-state index contributed by atoms with van der Waals surface area (Å²) in [7, 11) is -3.58. The van der Waals surface area contributed by atoms with Gasteiger partial charge >= 0.3 is 5.97 Å². The Morgan fingerprint density at radius 2 is 1.48 bits per heavy atom. The molecule has 2 aromatic carbocycles. The predicted octanol–water partition coefficient (Wildman–Crippen LogP) is 3.43. The summed E-state index contributed by atoms with van der Waals surface area (Å²) in [6.45, 7) is 2.42. The first-order valence-electron chi connectivity index (χ1n) is 9.40. The molecule has 0 aliphatic carbocycles. The summed E-state index contributed by atoms with van der Waals surface area (Å²) in [6, 6.07) is 10.4. The van der Waals surface area contributed by atoms with Crippen molar-refractivity contribution in [2.75, 3.05) is 13.1 Å². The third-order valence-electron chi connectivity index (χ3n) is 4.82. The van der Waals surface area contributed by atoms with E-state index in [1.54, 1.807) is 0 Å². The summed E-state index contributed by atoms with van der Waals surface area (Å²) in [5.74, 6) is -1.66. The molecule has 8 heteroatoms. The molecule has 1 heterocycles. The monoisotopic (exact) mass is 419 g/mol. The van der Waals surface area contributed by atoms with Crippen LogP contribution >= 0.6 is 0 Å². The fourth-order valence-electron chi connectivity index (χ4n) is 3.15. The van der Waals surface area contributed by atoms with Gasteiger partial charge in [-0.05, 0) is 68.3 Å². The minimum Gasteiger partial charge on any atom is -0.451 e. The van der Waals surface area contributed by atoms with Crippen molar-refractivity contribution in [1.29, 1.82) is 0 Å². The van der Waals surface area contributed by atoms with Gasteiger partial charge in [-0.3, -0.25) is 4.79 Å². The number of hydrogen-bond acceptors (Lipinski definition) is 5. The zero-order valence-corrected chi connectivity index (χ0v) is 16.8. The van der Waals surface area contributed by atoms with Crippen LogP contribution in [-0.2, 0) is 14.8 Å². The molecular weight excluding hydrogens is 397 g/mol. The highest BCUT2D eigenvalue weighted by Gasteiger charge is 2.26. The van der Waals surface area contributed by atoms with Gasteiger partial charge in [0.15, 0.2) is 6.10 Å². The van der Waals surface area contributed by atoms with Crippen LogP contribution in [0.4, 0.5) is 4.39 Å². The number of halogens is 1. The Balaban J connectivity index is 1.67. The molecule has 2 aromatic rings. The number of hydrogen-bond donors (Lipinski definition) is 0. The lowest BCUT2D eigenvalue weighted by Crippen LogP contribution is -2.35. The van der Waals surface area contributed by atoms with E-state index < -0.39 is 33.7 Å². The SMILES string of the molecule is C[C@@H](OC(=O)c1ccc(S(=O)(=O)N2CCCCC2)cc1)C(=O)c1ccc(F)cc1. The second-order valence-corrected chi connectivity index (χ2v) is 8.85. The lowest BCUT2D eigenvalue weighted by Gasteiger charge is -2.25. The molecule has 3 rings (SSSR count). The van der Waals surface area contributed by atoms with Crippen LogP contribution in [0.25, 0.3) is 0 Å². The Hall–Kier alpha value is -2.58. The first kappa shape index (κ1) is 21.1. The molecule has 29 heavy (non-hydrogen) atoms. The van der Waals surface area contributed by atoms with Gasteiger partial charge in [0.25, 0.3) is 0 Å². The highest BCUT2D eigenvalue weighted by molar-refractivity contribution is 7.89. The number of rotatable bonds is 6. The standard InChI is InChI=1S/C21H22FNO5S/c1-15(20(24)16-5-9-18(22)10-6-16)28-21(25)17-7-11-19(12-8-17)29(26,27)23-13-3-2-4-14-23/h5-12,15H,2-4,13-14H2,1H3/t15-/m1/s1. The number of carbonyl (C=O) groups is 2. The summed E-state index contributed by atoms with van der Waals surface area (Å²) in [5, 5.41) is 0. The summed E-state index contributed by atoms with van der Waals surface area (Å²) in [5.41, 5.74) is 0.371. The van der Waals surface area contributed by atoms with Crippen molar-refractivity contribution in [3.63, 3.8) is 0 Å². The second kappa shape index (κ2) is 8.84. The molecule has 6 nitrogen and oxygen atoms in total. The van der Waals surface area contributed by atoms with Crippen LogP contribution < -0.4 is 0 Å². The van der Waals surface area contributed by atoms with E-state index in [4.69, 9.17) is 4.74 Å². The summed E-state index contributed by atoms with van der Waals surface area (Å²) in [6.07, 6.45) is 1.63. The van der Waals surface area contributed by atoms with Gasteiger partial charge in [0.05, 0.1) is 10.5 Å². The third-order valence-corrected chi connectivity index (χ3v) is 6.74. The molecule has 154 valence electrons. The topological polar surface area (TPSA) is 80.8 Å². The van der Waals surface area contributed by atoms with E-state index in [0.29, 0.717) is 13.1 Å². The lowest BCUT2D eigenvalue weighted by molar-refractivity contribution is 0.0318. The summed E-state index contributed by atoms with van der Waals surface area (Å²) < 4.78 is 44.9. The summed E-state index contributed by atoms with van der Waals surface area (Å²) in [4.78, 5) is 24.7. The van der Waals surface area contributed by atoms with E-state index in [1.165, 1.54) is 47.6 Å². The van der Waals surface area contributed by atoms with Crippen LogP contribution in [-0.4, -0.2) is 43.7 Å². The molecule has 0 aromatic heterocycles. The quantitative estimate of drug-likeness (QED) is 0.529. The van der Waals surface area contributed by atoms with E-state index in [0.717, 1.165) is 31.4 Å². The van der Waals surface area contributed by atoms with Gasteiger partial charge in [-0.25, -0.2) is 17.6 Å². The largest absolute Gasteiger partial charge is 0.451 e. The molecular formula is C21H22FNO5S. The maximum Gasteiger partial charge on any atom is 0.338 e. The summed E-state index contributed by atoms with van der Waals surface area (Å²) >= 11 is 0. The minimum atomic E-state index is -3.58. The predicted molar refractivity (Wildman–Crippen MR) is 105 cm³/mol. The number of Topliss-reactive ketones (excluding diaryl/α,β-unsaturated/α-hetero) is 1. The van der Waals surface area contributed by atoms with Crippen molar-refractivity contribution in [3.05, 3.63) is 65.5 Å². The fourth-order valence-corrected chi connectivity index (χ4v) is 4.67. The van der Waals surface area contributed by atoms with Gasteiger partial charge in [-0.2, -0.15) is 4.31 Å². The number of sulfonamides is 1. The Morgan fingerprint density at radius 1 is 0.931 bits per heavy atom. The van der Waals surface area contributed by atoms with Crippen molar-refractivity contribution in [2.45, 2.75) is 37.2 Å². The van der Waals surface area contributed by atoms with Crippen LogP contribution in [0, 0.1) is 5.82 Å². The molecule has 1 atom stereocenters. The fraction of sp³-hybridized carbons (Fsp3) is 0.333. The van der Waals surface area contributed by atoms with Crippen LogP contribution in [0.3, 0.4) is 0 Å². The molecule has 0 amide bonds. The van der Waals surface area contributed by atoms with Crippen LogP contribution in [0.1, 0.15) is 46.9 Å². The van der Waals surface area contributed by atoms with Gasteiger partial charge in [0.2, 0.25) is 15.8 Å². The number of piperidine rings is 1. The Morgan fingerprint density at radius 3 is 2.07 bits per heavy atom. The maximum atomic E-state index is 13.0. The zero-order chi connectivity index (χ0) is 21.0. The van der Waals surface area contributed by atoms with E-state index in [-0.39, 0.29) is 16.0 Å². The Bertz CT molecular complexity index is 981. The maximum absolute atomic E-state index is 13.0. The van der Waals surface area contributed by atoms with E-state index in [9.17, 15) is 22.4 Å². The van der Waals surface area contributed by atoms with Crippen molar-refractivity contribution >= 4 is 21.8 Å². The molecule has 1 fully saturated rings. The van der Waals surface area contributed by atoms with Crippen molar-refractivity contribution < 1.29 is 27.1 Å². The van der Waals surface area contributed by atoms with Crippen LogP contribution in [0.5, 0.6) is 0 Å². The number of ether oxygens (including phenoxy) is 1. The molecule has 0 spiro atoms. The molecule has 0 N–H and O–H groups in total. The molecule has 1 aliphatic rings. The van der Waals surface area contributed by atoms with E-state index in [2.05, 4.69) is 0 Å². The average molecular weight is 419 g/mol. The van der Waals surface area contributed by atoms with Crippen molar-refractivity contribution in [2.24, 2.45) is 0 Å². The molecule has 1 aliphatic heterocycles. The Labute approximate surface area is 169 Å². The molecule has 0 bridgehead atoms. The molecule has 0 radical (unpaired) electrons. The number of benzene rings is 2. The zero-order valence-electron chi connectivity index (χ0n) is 16.0. The highest BCUT2D eigenvalue weighted by atomic mass is 32.2. The molecule has 1 saturated heterocycles. The van der Waals surface area contributed by atoms with Gasteiger partial charge < -0.3 is 4.74 Å². The molecule has 0 saturated carbocycles. The lowest BCUT2D eigenvalue weighted by atomic mass is 10.1. The average Bonchev–Trinajstić information content (AvgIpc) is 2.74. The smallest absolute Gasteiger partial charge is 0.338 e. The van der Waals surface area contributed by atoms with E-state index >= 15 is 0 Å². The number of carbonyl (C=O) groups excluding carboxylic acids is 2. The minimum absolute atomic E-state index is 0.117. The number of esters is 1. The number of nitrogens with zero attached hydrogens (tertiary/aromatic N) is 1. The van der Waals surface area contributed by atoms with Crippen molar-refractivity contribution in [3.8, 4) is 0 Å². The van der Waals surface area contributed by atoms with E-state index in [1.807, 2.05) is 0 Å². The van der Waals surface area contributed by atoms with Gasteiger partial charge in [0.1, 0.15) is 5.82 Å². The van der Waals surface area contributed by atoms with Crippen LogP contribution in [0.2, 0.25) is 0 Å². The van der Waals surface area contributed by atoms with Gasteiger partial charge in [-0.1, -0.05) is 6.42 Å². The normalized spacial score (nSPS) is 16.2. The second-order valence-electron chi connectivity index (χ2n) is 6.91. The first-order chi connectivity index (χ1) is 13.8. The van der Waals surface area contributed by atoms with Crippen LogP contribution in [0.15, 0.2) is 53.4 Å². The number of ketones is 1.